The number of rotatable bonds is 4. The van der Waals surface area contributed by atoms with E-state index in [9.17, 15) is 4.79 Å². The lowest BCUT2D eigenvalue weighted by Crippen LogP contribution is -2.31. The Bertz CT molecular complexity index is 760. The molecular formula is C15H17N5O. The van der Waals surface area contributed by atoms with Gasteiger partial charge in [0, 0.05) is 19.4 Å². The van der Waals surface area contributed by atoms with Crippen molar-refractivity contribution < 1.29 is 4.79 Å². The fourth-order valence-corrected chi connectivity index (χ4v) is 2.30. The molecule has 0 aliphatic carbocycles. The SMILES string of the molecule is CC(C(=O)NCc1nc2ccccc2n1C)n1cccn1. The number of fused-ring (bicyclic) bond motifs is 1. The molecule has 2 aromatic heterocycles. The second-order valence-corrected chi connectivity index (χ2v) is 4.96. The zero-order valence-corrected chi connectivity index (χ0v) is 12.0. The van der Waals surface area contributed by atoms with Crippen LogP contribution in [0.1, 0.15) is 18.8 Å². The molecule has 0 aliphatic rings. The number of carbonyl (C=O) groups excluding carboxylic acids is 1. The number of hydrogen-bond donors (Lipinski definition) is 1. The maximum absolute atomic E-state index is 12.1. The Hall–Kier alpha value is -2.63. The van der Waals surface area contributed by atoms with Gasteiger partial charge in [0.2, 0.25) is 5.91 Å². The standard InChI is InChI=1S/C15H17N5O/c1-11(20-9-5-8-17-20)15(21)16-10-14-18-12-6-3-4-7-13(12)19(14)2/h3-9,11H,10H2,1-2H3,(H,16,21). The van der Waals surface area contributed by atoms with E-state index >= 15 is 0 Å². The minimum absolute atomic E-state index is 0.0780. The van der Waals surface area contributed by atoms with Gasteiger partial charge in [0.05, 0.1) is 17.6 Å². The fourth-order valence-electron chi connectivity index (χ4n) is 2.30. The number of nitrogens with one attached hydrogen (secondary N) is 1. The van der Waals surface area contributed by atoms with E-state index in [-0.39, 0.29) is 11.9 Å². The largest absolute Gasteiger partial charge is 0.347 e. The van der Waals surface area contributed by atoms with E-state index in [1.165, 1.54) is 0 Å². The van der Waals surface area contributed by atoms with Crippen molar-refractivity contribution in [1.29, 1.82) is 0 Å². The second kappa shape index (κ2) is 5.40. The summed E-state index contributed by atoms with van der Waals surface area (Å²) in [4.78, 5) is 16.7. The van der Waals surface area contributed by atoms with Crippen LogP contribution in [0.2, 0.25) is 0 Å². The summed E-state index contributed by atoms with van der Waals surface area (Å²) in [5.74, 6) is 0.753. The lowest BCUT2D eigenvalue weighted by atomic mass is 10.3. The Morgan fingerprint density at radius 3 is 2.86 bits per heavy atom. The van der Waals surface area contributed by atoms with Crippen LogP contribution < -0.4 is 5.32 Å². The van der Waals surface area contributed by atoms with Crippen molar-refractivity contribution in [2.75, 3.05) is 0 Å². The zero-order valence-electron chi connectivity index (χ0n) is 12.0. The summed E-state index contributed by atoms with van der Waals surface area (Å²) >= 11 is 0. The van der Waals surface area contributed by atoms with Crippen LogP contribution in [0.5, 0.6) is 0 Å². The lowest BCUT2D eigenvalue weighted by molar-refractivity contribution is -0.124. The highest BCUT2D eigenvalue weighted by atomic mass is 16.2. The molecule has 1 amide bonds. The van der Waals surface area contributed by atoms with Crippen molar-refractivity contribution in [2.24, 2.45) is 7.05 Å². The van der Waals surface area contributed by atoms with E-state index in [2.05, 4.69) is 15.4 Å². The van der Waals surface area contributed by atoms with Crippen molar-refractivity contribution >= 4 is 16.9 Å². The first kappa shape index (κ1) is 13.4. The maximum Gasteiger partial charge on any atom is 0.244 e. The Balaban J connectivity index is 1.72. The van der Waals surface area contributed by atoms with Crippen LogP contribution in [-0.4, -0.2) is 25.2 Å². The number of aromatic nitrogens is 4. The molecule has 0 fully saturated rings. The molecule has 1 N–H and O–H groups in total. The van der Waals surface area contributed by atoms with Gasteiger partial charge in [-0.15, -0.1) is 0 Å². The Morgan fingerprint density at radius 1 is 1.33 bits per heavy atom. The molecule has 108 valence electrons. The lowest BCUT2D eigenvalue weighted by Gasteiger charge is -2.12. The number of benzene rings is 1. The highest BCUT2D eigenvalue weighted by Gasteiger charge is 2.15. The van der Waals surface area contributed by atoms with Gasteiger partial charge in [-0.05, 0) is 25.1 Å². The average molecular weight is 283 g/mol. The molecule has 1 unspecified atom stereocenters. The van der Waals surface area contributed by atoms with Gasteiger partial charge in [0.25, 0.3) is 0 Å². The molecule has 0 saturated heterocycles. The van der Waals surface area contributed by atoms with E-state index in [4.69, 9.17) is 0 Å². The van der Waals surface area contributed by atoms with Crippen LogP contribution in [0, 0.1) is 0 Å². The van der Waals surface area contributed by atoms with Crippen molar-refractivity contribution in [3.63, 3.8) is 0 Å². The molecule has 0 aliphatic heterocycles. The number of nitrogens with zero attached hydrogens (tertiary/aromatic N) is 4. The third kappa shape index (κ3) is 2.52. The third-order valence-corrected chi connectivity index (χ3v) is 3.60. The molecule has 6 heteroatoms. The van der Waals surface area contributed by atoms with Crippen molar-refractivity contribution in [1.82, 2.24) is 24.6 Å². The monoisotopic (exact) mass is 283 g/mol. The van der Waals surface area contributed by atoms with Gasteiger partial charge in [0.1, 0.15) is 11.9 Å². The van der Waals surface area contributed by atoms with E-state index < -0.39 is 0 Å². The van der Waals surface area contributed by atoms with E-state index in [0.717, 1.165) is 16.9 Å². The van der Waals surface area contributed by atoms with Crippen molar-refractivity contribution in [3.05, 3.63) is 48.5 Å². The summed E-state index contributed by atoms with van der Waals surface area (Å²) in [6.45, 7) is 2.22. The predicted molar refractivity (Wildman–Crippen MR) is 79.5 cm³/mol. The van der Waals surface area contributed by atoms with Crippen LogP contribution in [-0.2, 0) is 18.4 Å². The van der Waals surface area contributed by atoms with E-state index in [1.807, 2.05) is 42.8 Å². The normalized spacial score (nSPS) is 12.5. The Kier molecular flexibility index (Phi) is 3.43. The number of hydrogen-bond acceptors (Lipinski definition) is 3. The minimum atomic E-state index is -0.338. The first-order valence-corrected chi connectivity index (χ1v) is 6.84. The van der Waals surface area contributed by atoms with Gasteiger partial charge in [-0.1, -0.05) is 12.1 Å². The molecule has 21 heavy (non-hydrogen) atoms. The number of imidazole rings is 1. The maximum atomic E-state index is 12.1. The summed E-state index contributed by atoms with van der Waals surface area (Å²) in [6.07, 6.45) is 3.44. The fraction of sp³-hybridized carbons (Fsp3) is 0.267. The van der Waals surface area contributed by atoms with Crippen LogP contribution in [0.4, 0.5) is 0 Å². The molecule has 2 heterocycles. The van der Waals surface area contributed by atoms with Gasteiger partial charge >= 0.3 is 0 Å². The van der Waals surface area contributed by atoms with Gasteiger partial charge in [0.15, 0.2) is 0 Å². The average Bonchev–Trinajstić information content (AvgIpc) is 3.13. The molecule has 1 atom stereocenters. The van der Waals surface area contributed by atoms with Crippen LogP contribution in [0.15, 0.2) is 42.7 Å². The summed E-state index contributed by atoms with van der Waals surface area (Å²) in [5, 5.41) is 6.99. The topological polar surface area (TPSA) is 64.7 Å². The molecule has 3 rings (SSSR count). The van der Waals surface area contributed by atoms with Gasteiger partial charge in [-0.3, -0.25) is 9.48 Å². The molecule has 3 aromatic rings. The van der Waals surface area contributed by atoms with E-state index in [0.29, 0.717) is 6.54 Å². The Labute approximate surface area is 122 Å². The van der Waals surface area contributed by atoms with Gasteiger partial charge < -0.3 is 9.88 Å². The predicted octanol–water partition coefficient (Wildman–Crippen LogP) is 1.65. The summed E-state index contributed by atoms with van der Waals surface area (Å²) < 4.78 is 3.62. The van der Waals surface area contributed by atoms with Crippen molar-refractivity contribution in [3.8, 4) is 0 Å². The van der Waals surface area contributed by atoms with Crippen LogP contribution >= 0.6 is 0 Å². The minimum Gasteiger partial charge on any atom is -0.347 e. The molecule has 0 bridgehead atoms. The number of carbonyl (C=O) groups is 1. The zero-order chi connectivity index (χ0) is 14.8. The number of amides is 1. The van der Waals surface area contributed by atoms with Gasteiger partial charge in [-0.2, -0.15) is 5.10 Å². The van der Waals surface area contributed by atoms with E-state index in [1.54, 1.807) is 23.1 Å². The molecule has 0 saturated carbocycles. The van der Waals surface area contributed by atoms with Crippen molar-refractivity contribution in [2.45, 2.75) is 19.5 Å². The summed E-state index contributed by atoms with van der Waals surface area (Å²) in [5.41, 5.74) is 1.99. The molecule has 0 radical (unpaired) electrons. The summed E-state index contributed by atoms with van der Waals surface area (Å²) in [6, 6.07) is 9.38. The second-order valence-electron chi connectivity index (χ2n) is 4.96. The summed E-state index contributed by atoms with van der Waals surface area (Å²) in [7, 11) is 1.95. The smallest absolute Gasteiger partial charge is 0.244 e. The molecule has 6 nitrogen and oxygen atoms in total. The van der Waals surface area contributed by atoms with Crippen LogP contribution in [0.3, 0.4) is 0 Å². The first-order chi connectivity index (χ1) is 10.2. The first-order valence-electron chi connectivity index (χ1n) is 6.84. The van der Waals surface area contributed by atoms with Crippen LogP contribution in [0.25, 0.3) is 11.0 Å². The Morgan fingerprint density at radius 2 is 2.14 bits per heavy atom. The van der Waals surface area contributed by atoms with Gasteiger partial charge in [-0.25, -0.2) is 4.98 Å². The number of aryl methyl sites for hydroxylation is 1. The molecule has 0 spiro atoms. The molecular weight excluding hydrogens is 266 g/mol. The highest BCUT2D eigenvalue weighted by molar-refractivity contribution is 5.80. The highest BCUT2D eigenvalue weighted by Crippen LogP contribution is 2.14. The third-order valence-electron chi connectivity index (χ3n) is 3.60. The quantitative estimate of drug-likeness (QED) is 0.791. The number of para-hydroxylation sites is 2. The molecule has 1 aromatic carbocycles.